The molecule has 1 aliphatic heterocycles. The standard InChI is InChI=1S/C14H24N2/c1-2-3-6-9-15-10-12-16(13-11-15)14-7-4-5-8-14/h1,14H,3-13H2. The first-order valence-electron chi connectivity index (χ1n) is 6.80. The first-order chi connectivity index (χ1) is 7.90. The average Bonchev–Trinajstić information content (AvgIpc) is 2.84. The summed E-state index contributed by atoms with van der Waals surface area (Å²) in [6.07, 6.45) is 13.2. The van der Waals surface area contributed by atoms with E-state index in [1.165, 1.54) is 64.8 Å². The van der Waals surface area contributed by atoms with Crippen LogP contribution < -0.4 is 0 Å². The summed E-state index contributed by atoms with van der Waals surface area (Å²) in [7, 11) is 0. The van der Waals surface area contributed by atoms with E-state index in [9.17, 15) is 0 Å². The van der Waals surface area contributed by atoms with Gasteiger partial charge in [0.25, 0.3) is 0 Å². The van der Waals surface area contributed by atoms with E-state index < -0.39 is 0 Å². The van der Waals surface area contributed by atoms with Crippen LogP contribution in [0.4, 0.5) is 0 Å². The van der Waals surface area contributed by atoms with Crippen molar-refractivity contribution in [2.45, 2.75) is 44.6 Å². The summed E-state index contributed by atoms with van der Waals surface area (Å²) in [5, 5.41) is 0. The van der Waals surface area contributed by atoms with Gasteiger partial charge in [-0.2, -0.15) is 0 Å². The molecule has 1 saturated carbocycles. The number of terminal acetylenes is 1. The zero-order valence-corrected chi connectivity index (χ0v) is 10.3. The van der Waals surface area contributed by atoms with Crippen molar-refractivity contribution in [2.75, 3.05) is 32.7 Å². The van der Waals surface area contributed by atoms with Crippen LogP contribution in [-0.4, -0.2) is 48.6 Å². The van der Waals surface area contributed by atoms with Crippen molar-refractivity contribution in [3.8, 4) is 12.3 Å². The van der Waals surface area contributed by atoms with Crippen LogP contribution in [0.15, 0.2) is 0 Å². The third kappa shape index (κ3) is 3.23. The van der Waals surface area contributed by atoms with Gasteiger partial charge >= 0.3 is 0 Å². The molecule has 2 rings (SSSR count). The molecule has 0 amide bonds. The smallest absolute Gasteiger partial charge is 0.0113 e. The molecule has 0 aromatic rings. The van der Waals surface area contributed by atoms with Crippen molar-refractivity contribution in [2.24, 2.45) is 0 Å². The molecule has 0 atom stereocenters. The van der Waals surface area contributed by atoms with Gasteiger partial charge in [-0.3, -0.25) is 4.90 Å². The Morgan fingerprint density at radius 2 is 1.75 bits per heavy atom. The third-order valence-corrected chi connectivity index (χ3v) is 4.04. The second kappa shape index (κ2) is 6.27. The first kappa shape index (κ1) is 12.0. The van der Waals surface area contributed by atoms with Crippen LogP contribution >= 0.6 is 0 Å². The van der Waals surface area contributed by atoms with E-state index in [4.69, 9.17) is 6.42 Å². The number of unbranched alkanes of at least 4 members (excludes halogenated alkanes) is 1. The summed E-state index contributed by atoms with van der Waals surface area (Å²) in [5.41, 5.74) is 0. The van der Waals surface area contributed by atoms with Crippen LogP contribution in [0.5, 0.6) is 0 Å². The lowest BCUT2D eigenvalue weighted by Crippen LogP contribution is -2.49. The van der Waals surface area contributed by atoms with Crippen LogP contribution in [0, 0.1) is 12.3 Å². The van der Waals surface area contributed by atoms with Gasteiger partial charge in [-0.15, -0.1) is 12.3 Å². The summed E-state index contributed by atoms with van der Waals surface area (Å²) in [4.78, 5) is 5.29. The van der Waals surface area contributed by atoms with E-state index in [2.05, 4.69) is 15.7 Å². The largest absolute Gasteiger partial charge is 0.301 e. The molecule has 0 aromatic carbocycles. The van der Waals surface area contributed by atoms with Gasteiger partial charge in [0.05, 0.1) is 0 Å². The second-order valence-electron chi connectivity index (χ2n) is 5.12. The lowest BCUT2D eigenvalue weighted by atomic mass is 10.1. The van der Waals surface area contributed by atoms with Crippen molar-refractivity contribution >= 4 is 0 Å². The molecule has 2 heteroatoms. The Labute approximate surface area is 100.0 Å². The predicted octanol–water partition coefficient (Wildman–Crippen LogP) is 1.96. The molecule has 0 unspecified atom stereocenters. The average molecular weight is 220 g/mol. The van der Waals surface area contributed by atoms with E-state index in [1.54, 1.807) is 0 Å². The van der Waals surface area contributed by atoms with E-state index in [1.807, 2.05) is 0 Å². The molecule has 2 aliphatic rings. The quantitative estimate of drug-likeness (QED) is 0.528. The van der Waals surface area contributed by atoms with E-state index >= 15 is 0 Å². The molecule has 1 aliphatic carbocycles. The molecular formula is C14H24N2. The molecule has 0 bridgehead atoms. The highest BCUT2D eigenvalue weighted by molar-refractivity contribution is 4.85. The highest BCUT2D eigenvalue weighted by atomic mass is 15.3. The summed E-state index contributed by atoms with van der Waals surface area (Å²) >= 11 is 0. The maximum Gasteiger partial charge on any atom is 0.0113 e. The summed E-state index contributed by atoms with van der Waals surface area (Å²) in [5.74, 6) is 2.72. The first-order valence-corrected chi connectivity index (χ1v) is 6.80. The van der Waals surface area contributed by atoms with Gasteiger partial charge in [-0.1, -0.05) is 12.8 Å². The number of piperazine rings is 1. The molecule has 90 valence electrons. The minimum absolute atomic E-state index is 0.910. The fourth-order valence-electron chi connectivity index (χ4n) is 3.03. The van der Waals surface area contributed by atoms with Crippen LogP contribution in [-0.2, 0) is 0 Å². The highest BCUT2D eigenvalue weighted by Gasteiger charge is 2.25. The topological polar surface area (TPSA) is 6.48 Å². The van der Waals surface area contributed by atoms with Gasteiger partial charge in [-0.05, 0) is 25.8 Å². The van der Waals surface area contributed by atoms with Gasteiger partial charge in [0.15, 0.2) is 0 Å². The Kier molecular flexibility index (Phi) is 4.69. The van der Waals surface area contributed by atoms with Crippen LogP contribution in [0.1, 0.15) is 38.5 Å². The Hall–Kier alpha value is -0.520. The van der Waals surface area contributed by atoms with Crippen LogP contribution in [0.25, 0.3) is 0 Å². The molecule has 0 N–H and O–H groups in total. The van der Waals surface area contributed by atoms with Gasteiger partial charge in [0.1, 0.15) is 0 Å². The molecule has 1 heterocycles. The molecule has 2 fully saturated rings. The lowest BCUT2D eigenvalue weighted by molar-refractivity contribution is 0.0975. The number of hydrogen-bond donors (Lipinski definition) is 0. The number of nitrogens with zero attached hydrogens (tertiary/aromatic N) is 2. The normalized spacial score (nSPS) is 24.7. The van der Waals surface area contributed by atoms with E-state index in [-0.39, 0.29) is 0 Å². The summed E-state index contributed by atoms with van der Waals surface area (Å²) in [6.45, 7) is 6.26. The maximum atomic E-state index is 5.27. The molecule has 0 spiro atoms. The zero-order chi connectivity index (χ0) is 11.2. The monoisotopic (exact) mass is 220 g/mol. The highest BCUT2D eigenvalue weighted by Crippen LogP contribution is 2.24. The fourth-order valence-corrected chi connectivity index (χ4v) is 3.03. The molecule has 0 aromatic heterocycles. The number of hydrogen-bond acceptors (Lipinski definition) is 2. The molecule has 2 nitrogen and oxygen atoms in total. The van der Waals surface area contributed by atoms with Crippen molar-refractivity contribution < 1.29 is 0 Å². The predicted molar refractivity (Wildman–Crippen MR) is 68.3 cm³/mol. The zero-order valence-electron chi connectivity index (χ0n) is 10.3. The summed E-state index contributed by atoms with van der Waals surface area (Å²) < 4.78 is 0. The summed E-state index contributed by atoms with van der Waals surface area (Å²) in [6, 6.07) is 0.910. The Morgan fingerprint density at radius 1 is 1.06 bits per heavy atom. The van der Waals surface area contributed by atoms with E-state index in [0.29, 0.717) is 0 Å². The molecule has 0 radical (unpaired) electrons. The minimum atomic E-state index is 0.910. The molecule has 16 heavy (non-hydrogen) atoms. The third-order valence-electron chi connectivity index (χ3n) is 4.04. The van der Waals surface area contributed by atoms with Gasteiger partial charge in [0, 0.05) is 38.6 Å². The van der Waals surface area contributed by atoms with Crippen LogP contribution in [0.3, 0.4) is 0 Å². The van der Waals surface area contributed by atoms with E-state index in [0.717, 1.165) is 12.5 Å². The van der Waals surface area contributed by atoms with Crippen molar-refractivity contribution in [1.82, 2.24) is 9.80 Å². The van der Waals surface area contributed by atoms with Crippen LogP contribution in [0.2, 0.25) is 0 Å². The molecule has 1 saturated heterocycles. The Bertz CT molecular complexity index is 230. The molecular weight excluding hydrogens is 196 g/mol. The van der Waals surface area contributed by atoms with Crippen molar-refractivity contribution in [1.29, 1.82) is 0 Å². The Balaban J connectivity index is 1.64. The van der Waals surface area contributed by atoms with Gasteiger partial charge in [-0.25, -0.2) is 0 Å². The SMILES string of the molecule is C#CCCCN1CCN(C2CCCC2)CC1. The lowest BCUT2D eigenvalue weighted by Gasteiger charge is -2.38. The minimum Gasteiger partial charge on any atom is -0.301 e. The van der Waals surface area contributed by atoms with Gasteiger partial charge < -0.3 is 4.90 Å². The second-order valence-corrected chi connectivity index (χ2v) is 5.12. The van der Waals surface area contributed by atoms with Gasteiger partial charge in [0.2, 0.25) is 0 Å². The number of rotatable bonds is 4. The van der Waals surface area contributed by atoms with Crippen molar-refractivity contribution in [3.05, 3.63) is 0 Å². The maximum absolute atomic E-state index is 5.27. The fraction of sp³-hybridized carbons (Fsp3) is 0.857. The Morgan fingerprint density at radius 3 is 2.38 bits per heavy atom. The van der Waals surface area contributed by atoms with Crippen molar-refractivity contribution in [3.63, 3.8) is 0 Å².